The Bertz CT molecular complexity index is 1500. The molecular formula is C35H40FN3O3. The molecule has 220 valence electrons. The van der Waals surface area contributed by atoms with E-state index in [0.29, 0.717) is 24.5 Å². The van der Waals surface area contributed by atoms with Crippen LogP contribution in [0.2, 0.25) is 0 Å². The first kappa shape index (κ1) is 29.5. The highest BCUT2D eigenvalue weighted by Gasteiger charge is 2.56. The lowest BCUT2D eigenvalue weighted by molar-refractivity contribution is -0.140. The zero-order valence-electron chi connectivity index (χ0n) is 24.8. The number of halogens is 1. The summed E-state index contributed by atoms with van der Waals surface area (Å²) in [6.07, 6.45) is 3.11. The van der Waals surface area contributed by atoms with Crippen LogP contribution < -0.4 is 10.6 Å². The van der Waals surface area contributed by atoms with E-state index in [4.69, 9.17) is 0 Å². The summed E-state index contributed by atoms with van der Waals surface area (Å²) < 4.78 is 14.4. The second-order valence-corrected chi connectivity index (χ2v) is 12.6. The van der Waals surface area contributed by atoms with E-state index in [2.05, 4.69) is 54.8 Å². The molecule has 1 fully saturated rings. The summed E-state index contributed by atoms with van der Waals surface area (Å²) in [6.45, 7) is 8.47. The highest BCUT2D eigenvalue weighted by molar-refractivity contribution is 6.04. The number of fused-ring (bicyclic) bond motifs is 3. The Morgan fingerprint density at radius 1 is 1.02 bits per heavy atom. The zero-order chi connectivity index (χ0) is 30.1. The van der Waals surface area contributed by atoms with Gasteiger partial charge in [-0.2, -0.15) is 0 Å². The smallest absolute Gasteiger partial charge is 0.247 e. The molecule has 0 bridgehead atoms. The van der Waals surface area contributed by atoms with Crippen molar-refractivity contribution in [1.82, 2.24) is 5.32 Å². The minimum Gasteiger partial charge on any atom is -0.411 e. The normalized spacial score (nSPS) is 24.9. The molecule has 0 aromatic heterocycles. The van der Waals surface area contributed by atoms with Gasteiger partial charge in [0.1, 0.15) is 11.9 Å². The van der Waals surface area contributed by atoms with E-state index in [9.17, 15) is 19.2 Å². The van der Waals surface area contributed by atoms with Crippen molar-refractivity contribution < 1.29 is 19.2 Å². The number of hydrogen-bond acceptors (Lipinski definition) is 4. The number of amides is 2. The van der Waals surface area contributed by atoms with E-state index in [0.717, 1.165) is 29.5 Å². The number of oxime groups is 1. The molecule has 4 atom stereocenters. The Labute approximate surface area is 247 Å². The van der Waals surface area contributed by atoms with Gasteiger partial charge in [0.05, 0.1) is 16.8 Å². The molecule has 1 saturated carbocycles. The summed E-state index contributed by atoms with van der Waals surface area (Å²) >= 11 is 0. The lowest BCUT2D eigenvalue weighted by Gasteiger charge is -2.54. The van der Waals surface area contributed by atoms with Crippen molar-refractivity contribution in [3.63, 3.8) is 0 Å². The number of carbonyl (C=O) groups is 2. The monoisotopic (exact) mass is 569 g/mol. The maximum Gasteiger partial charge on any atom is 0.247 e. The van der Waals surface area contributed by atoms with Gasteiger partial charge < -0.3 is 15.8 Å². The van der Waals surface area contributed by atoms with Crippen molar-refractivity contribution in [3.05, 3.63) is 101 Å². The van der Waals surface area contributed by atoms with Crippen LogP contribution in [-0.2, 0) is 21.4 Å². The number of hydrogen-bond donors (Lipinski definition) is 3. The van der Waals surface area contributed by atoms with Crippen molar-refractivity contribution >= 4 is 23.2 Å². The molecule has 0 saturated heterocycles. The van der Waals surface area contributed by atoms with Gasteiger partial charge in [0, 0.05) is 12.0 Å². The molecule has 2 amide bonds. The van der Waals surface area contributed by atoms with Gasteiger partial charge in [-0.25, -0.2) is 4.39 Å². The van der Waals surface area contributed by atoms with Crippen LogP contribution in [0.15, 0.2) is 78.0 Å². The number of anilines is 1. The molecule has 3 aromatic carbocycles. The second kappa shape index (κ2) is 11.7. The molecule has 0 unspecified atom stereocenters. The van der Waals surface area contributed by atoms with Crippen molar-refractivity contribution in [2.24, 2.45) is 16.5 Å². The molecule has 5 rings (SSSR count). The van der Waals surface area contributed by atoms with Crippen molar-refractivity contribution in [3.8, 4) is 0 Å². The first-order chi connectivity index (χ1) is 20.1. The lowest BCUT2D eigenvalue weighted by Crippen LogP contribution is -2.58. The molecule has 0 spiro atoms. The first-order valence-electron chi connectivity index (χ1n) is 14.8. The maximum absolute atomic E-state index is 14.4. The minimum absolute atomic E-state index is 0.0692. The van der Waals surface area contributed by atoms with Gasteiger partial charge in [0.2, 0.25) is 11.8 Å². The number of nitrogens with one attached hydrogen (secondary N) is 2. The Kier molecular flexibility index (Phi) is 8.22. The summed E-state index contributed by atoms with van der Waals surface area (Å²) in [5, 5.41) is 19.6. The van der Waals surface area contributed by atoms with E-state index in [-0.39, 0.29) is 29.3 Å². The van der Waals surface area contributed by atoms with Gasteiger partial charge >= 0.3 is 0 Å². The van der Waals surface area contributed by atoms with Crippen molar-refractivity contribution in [1.29, 1.82) is 0 Å². The van der Waals surface area contributed by atoms with Gasteiger partial charge in [-0.3, -0.25) is 9.59 Å². The number of rotatable bonds is 7. The first-order valence-corrected chi connectivity index (χ1v) is 14.8. The van der Waals surface area contributed by atoms with Crippen LogP contribution in [0, 0.1) is 17.2 Å². The maximum atomic E-state index is 14.4. The Balaban J connectivity index is 1.47. The topological polar surface area (TPSA) is 90.8 Å². The highest BCUT2D eigenvalue weighted by Crippen LogP contribution is 2.57. The van der Waals surface area contributed by atoms with Crippen LogP contribution in [0.25, 0.3) is 0 Å². The van der Waals surface area contributed by atoms with Gasteiger partial charge in [0.15, 0.2) is 0 Å². The van der Waals surface area contributed by atoms with Crippen molar-refractivity contribution in [2.75, 3.05) is 5.32 Å². The average molecular weight is 570 g/mol. The van der Waals surface area contributed by atoms with E-state index in [1.165, 1.54) is 17.7 Å². The highest BCUT2D eigenvalue weighted by atomic mass is 19.1. The van der Waals surface area contributed by atoms with Crippen LogP contribution in [0.4, 0.5) is 10.1 Å². The molecular weight excluding hydrogens is 529 g/mol. The minimum atomic E-state index is -0.917. The predicted octanol–water partition coefficient (Wildman–Crippen LogP) is 6.96. The fourth-order valence-corrected chi connectivity index (χ4v) is 7.14. The van der Waals surface area contributed by atoms with Crippen LogP contribution in [0.3, 0.4) is 0 Å². The summed E-state index contributed by atoms with van der Waals surface area (Å²) in [4.78, 5) is 27.9. The molecule has 7 heteroatoms. The molecule has 0 radical (unpaired) electrons. The Hall–Kier alpha value is -4.00. The summed E-state index contributed by atoms with van der Waals surface area (Å²) in [5.41, 5.74) is 3.64. The molecule has 0 aliphatic heterocycles. The SMILES string of the molecule is CC(C)c1ccc2c(c1)/C(=N\O)C[C@H]1[C@](C)(C(=O)N[C@@H](Cc3ccccc3)C(=O)Nc3ccccc3F)CCC[C@]21C. The third-order valence-electron chi connectivity index (χ3n) is 9.64. The summed E-state index contributed by atoms with van der Waals surface area (Å²) in [6, 6.07) is 21.0. The summed E-state index contributed by atoms with van der Waals surface area (Å²) in [7, 11) is 0. The number of carbonyl (C=O) groups excluding carboxylic acids is 2. The van der Waals surface area contributed by atoms with Crippen LogP contribution >= 0.6 is 0 Å². The van der Waals surface area contributed by atoms with E-state index in [1.54, 1.807) is 12.1 Å². The van der Waals surface area contributed by atoms with Gasteiger partial charge in [-0.05, 0) is 71.4 Å². The van der Waals surface area contributed by atoms with Crippen LogP contribution in [-0.4, -0.2) is 28.8 Å². The van der Waals surface area contributed by atoms with Gasteiger partial charge in [-0.1, -0.05) is 93.9 Å². The standard InChI is InChI=1S/C35H40FN3O3/c1-22(2)24-15-16-26-25(20-24)29(39-42)21-31-34(26,3)17-10-18-35(31,4)33(41)38-30(19-23-11-6-5-7-12-23)32(40)37-28-14-9-8-13-27(28)36/h5-9,11-16,20,22,30-31,42H,10,17-19,21H2,1-4H3,(H,37,40)(H,38,41)/b39-29-/t30-,31+,34+,35+/m0/s1. The van der Waals surface area contributed by atoms with Crippen molar-refractivity contribution in [2.45, 2.75) is 77.2 Å². The second-order valence-electron chi connectivity index (χ2n) is 12.6. The molecule has 0 heterocycles. The fourth-order valence-electron chi connectivity index (χ4n) is 7.14. The average Bonchev–Trinajstić information content (AvgIpc) is 2.98. The lowest BCUT2D eigenvalue weighted by atomic mass is 9.49. The molecule has 2 aliphatic rings. The molecule has 3 N–H and O–H groups in total. The summed E-state index contributed by atoms with van der Waals surface area (Å²) in [5.74, 6) is -1.05. The zero-order valence-corrected chi connectivity index (χ0v) is 24.8. The van der Waals surface area contributed by atoms with E-state index < -0.39 is 23.2 Å². The fraction of sp³-hybridized carbons (Fsp3) is 0.400. The molecule has 3 aromatic rings. The van der Waals surface area contributed by atoms with Gasteiger partial charge in [0.25, 0.3) is 0 Å². The number of benzene rings is 3. The quantitative estimate of drug-likeness (QED) is 0.212. The van der Waals surface area contributed by atoms with Crippen LogP contribution in [0.5, 0.6) is 0 Å². The third kappa shape index (κ3) is 5.44. The third-order valence-corrected chi connectivity index (χ3v) is 9.64. The molecule has 2 aliphatic carbocycles. The Morgan fingerprint density at radius 3 is 2.43 bits per heavy atom. The number of nitrogens with zero attached hydrogens (tertiary/aromatic N) is 1. The van der Waals surface area contributed by atoms with E-state index in [1.807, 2.05) is 37.3 Å². The largest absolute Gasteiger partial charge is 0.411 e. The predicted molar refractivity (Wildman–Crippen MR) is 163 cm³/mol. The molecule has 42 heavy (non-hydrogen) atoms. The Morgan fingerprint density at radius 2 is 1.74 bits per heavy atom. The van der Waals surface area contributed by atoms with Crippen LogP contribution in [0.1, 0.15) is 81.5 Å². The van der Waals surface area contributed by atoms with E-state index >= 15 is 0 Å². The molecule has 6 nitrogen and oxygen atoms in total. The van der Waals surface area contributed by atoms with Gasteiger partial charge in [-0.15, -0.1) is 0 Å². The number of para-hydroxylation sites is 1.